The van der Waals surface area contributed by atoms with Gasteiger partial charge in [0.1, 0.15) is 5.75 Å². The SMILES string of the molecule is CC(C)(C)C1CCC(C(NC(=O)Nc2ccc(OC(F)(F)F)cc2)c2ccc(C(=O)NCC(O)C(=O)O)cc2)CC1. The second-order valence-electron chi connectivity index (χ2n) is 11.3. The molecule has 0 aliphatic heterocycles. The number of carboxylic acid groups (broad SMARTS) is 1. The molecular weight excluding hydrogens is 543 g/mol. The smallest absolute Gasteiger partial charge is 0.479 e. The Labute approximate surface area is 236 Å². The third-order valence-corrected chi connectivity index (χ3v) is 7.37. The minimum absolute atomic E-state index is 0.104. The minimum Gasteiger partial charge on any atom is -0.479 e. The zero-order valence-electron chi connectivity index (χ0n) is 23.1. The Bertz CT molecular complexity index is 1190. The van der Waals surface area contributed by atoms with Gasteiger partial charge in [0.25, 0.3) is 5.91 Å². The van der Waals surface area contributed by atoms with Gasteiger partial charge in [0.15, 0.2) is 6.10 Å². The molecule has 0 radical (unpaired) electrons. The molecule has 1 aliphatic carbocycles. The molecular formula is C29H36F3N3O6. The highest BCUT2D eigenvalue weighted by Crippen LogP contribution is 2.43. The molecule has 2 aromatic rings. The maximum Gasteiger partial charge on any atom is 0.573 e. The number of amides is 3. The molecule has 224 valence electrons. The molecule has 41 heavy (non-hydrogen) atoms. The summed E-state index contributed by atoms with van der Waals surface area (Å²) in [5.74, 6) is -1.76. The zero-order chi connectivity index (χ0) is 30.4. The summed E-state index contributed by atoms with van der Waals surface area (Å²) in [6, 6.07) is 10.4. The van der Waals surface area contributed by atoms with Crippen molar-refractivity contribution in [1.29, 1.82) is 0 Å². The van der Waals surface area contributed by atoms with Crippen LogP contribution in [-0.2, 0) is 4.79 Å². The standard InChI is InChI=1S/C29H36F3N3O6/c1-28(2,3)20-10-8-18(9-11-20)24(17-4-6-19(7-5-17)25(37)33-16-23(36)26(38)39)35-27(40)34-21-12-14-22(15-13-21)41-29(30,31)32/h4-7,12-15,18,20,23-24,36H,8-11,16H2,1-3H3,(H,33,37)(H,38,39)(H2,34,35,40). The predicted molar refractivity (Wildman–Crippen MR) is 145 cm³/mol. The average molecular weight is 580 g/mol. The molecule has 1 fully saturated rings. The van der Waals surface area contributed by atoms with Crippen LogP contribution in [0, 0.1) is 17.3 Å². The number of urea groups is 1. The summed E-state index contributed by atoms with van der Waals surface area (Å²) in [6.07, 6.45) is -2.83. The van der Waals surface area contributed by atoms with E-state index in [1.54, 1.807) is 24.3 Å². The van der Waals surface area contributed by atoms with Gasteiger partial charge in [-0.1, -0.05) is 32.9 Å². The number of rotatable bonds is 9. The van der Waals surface area contributed by atoms with Crippen molar-refractivity contribution in [2.75, 3.05) is 11.9 Å². The molecule has 1 saturated carbocycles. The van der Waals surface area contributed by atoms with Gasteiger partial charge in [0.05, 0.1) is 12.6 Å². The van der Waals surface area contributed by atoms with Crippen LogP contribution in [-0.4, -0.2) is 47.1 Å². The molecule has 0 heterocycles. The number of benzene rings is 2. The third-order valence-electron chi connectivity index (χ3n) is 7.37. The summed E-state index contributed by atoms with van der Waals surface area (Å²) in [4.78, 5) is 36.2. The van der Waals surface area contributed by atoms with Crippen molar-refractivity contribution in [3.63, 3.8) is 0 Å². The first kappa shape index (κ1) is 31.7. The molecule has 0 aromatic heterocycles. The molecule has 3 amide bonds. The van der Waals surface area contributed by atoms with Gasteiger partial charge in [-0.05, 0) is 84.9 Å². The van der Waals surface area contributed by atoms with Gasteiger partial charge < -0.3 is 30.9 Å². The number of ether oxygens (including phenoxy) is 1. The van der Waals surface area contributed by atoms with E-state index in [2.05, 4.69) is 41.5 Å². The Morgan fingerprint density at radius 1 is 0.951 bits per heavy atom. The fourth-order valence-electron chi connectivity index (χ4n) is 5.06. The first-order valence-electron chi connectivity index (χ1n) is 13.3. The third kappa shape index (κ3) is 9.66. The fraction of sp³-hybridized carbons (Fsp3) is 0.483. The van der Waals surface area contributed by atoms with E-state index in [1.807, 2.05) is 0 Å². The molecule has 2 unspecified atom stereocenters. The molecule has 2 atom stereocenters. The van der Waals surface area contributed by atoms with Crippen molar-refractivity contribution >= 4 is 23.6 Å². The van der Waals surface area contributed by atoms with Gasteiger partial charge in [-0.25, -0.2) is 9.59 Å². The second-order valence-corrected chi connectivity index (χ2v) is 11.3. The summed E-state index contributed by atoms with van der Waals surface area (Å²) < 4.78 is 41.2. The largest absolute Gasteiger partial charge is 0.573 e. The number of hydrogen-bond donors (Lipinski definition) is 5. The van der Waals surface area contributed by atoms with E-state index in [0.717, 1.165) is 43.4 Å². The van der Waals surface area contributed by atoms with Crippen LogP contribution in [0.25, 0.3) is 0 Å². The Morgan fingerprint density at radius 3 is 2.05 bits per heavy atom. The van der Waals surface area contributed by atoms with E-state index >= 15 is 0 Å². The molecule has 3 rings (SSSR count). The normalized spacial score (nSPS) is 19.0. The van der Waals surface area contributed by atoms with Crippen LogP contribution in [0.1, 0.15) is 68.4 Å². The summed E-state index contributed by atoms with van der Waals surface area (Å²) in [7, 11) is 0. The van der Waals surface area contributed by atoms with Crippen molar-refractivity contribution in [2.45, 2.75) is 65.0 Å². The average Bonchev–Trinajstić information content (AvgIpc) is 2.90. The van der Waals surface area contributed by atoms with Crippen molar-refractivity contribution in [3.05, 3.63) is 59.7 Å². The Hall–Kier alpha value is -3.80. The highest BCUT2D eigenvalue weighted by molar-refractivity contribution is 5.94. The van der Waals surface area contributed by atoms with Gasteiger partial charge in [-0.15, -0.1) is 13.2 Å². The molecule has 0 saturated heterocycles. The van der Waals surface area contributed by atoms with Crippen molar-refractivity contribution in [1.82, 2.24) is 10.6 Å². The number of hydrogen-bond acceptors (Lipinski definition) is 5. The molecule has 0 spiro atoms. The quantitative estimate of drug-likeness (QED) is 0.267. The van der Waals surface area contributed by atoms with Crippen molar-refractivity contribution < 1.29 is 42.5 Å². The van der Waals surface area contributed by atoms with Crippen LogP contribution in [0.5, 0.6) is 5.75 Å². The number of carbonyl (C=O) groups is 3. The van der Waals surface area contributed by atoms with Gasteiger partial charge in [-0.3, -0.25) is 4.79 Å². The fourth-order valence-corrected chi connectivity index (χ4v) is 5.06. The number of aliphatic hydroxyl groups is 1. The van der Waals surface area contributed by atoms with Crippen molar-refractivity contribution in [2.24, 2.45) is 17.3 Å². The zero-order valence-corrected chi connectivity index (χ0v) is 23.1. The van der Waals surface area contributed by atoms with E-state index in [9.17, 15) is 32.7 Å². The van der Waals surface area contributed by atoms with E-state index < -0.39 is 48.7 Å². The number of halogens is 3. The lowest BCUT2D eigenvalue weighted by Gasteiger charge is -2.39. The minimum atomic E-state index is -4.82. The number of aliphatic carboxylic acids is 1. The van der Waals surface area contributed by atoms with Crippen LogP contribution in [0.3, 0.4) is 0 Å². The highest BCUT2D eigenvalue weighted by Gasteiger charge is 2.34. The summed E-state index contributed by atoms with van der Waals surface area (Å²) in [5.41, 5.74) is 1.46. The van der Waals surface area contributed by atoms with E-state index in [-0.39, 0.29) is 22.6 Å². The lowest BCUT2D eigenvalue weighted by Crippen LogP contribution is -2.39. The van der Waals surface area contributed by atoms with Crippen LogP contribution >= 0.6 is 0 Å². The predicted octanol–water partition coefficient (Wildman–Crippen LogP) is 5.48. The molecule has 9 nitrogen and oxygen atoms in total. The lowest BCUT2D eigenvalue weighted by atomic mass is 9.68. The molecule has 2 aromatic carbocycles. The number of aliphatic hydroxyl groups excluding tert-OH is 1. The maximum atomic E-state index is 13.0. The van der Waals surface area contributed by atoms with Crippen LogP contribution in [0.2, 0.25) is 0 Å². The summed E-state index contributed by atoms with van der Waals surface area (Å²) in [5, 5.41) is 26.2. The van der Waals surface area contributed by atoms with Crippen LogP contribution in [0.4, 0.5) is 23.7 Å². The van der Waals surface area contributed by atoms with Crippen LogP contribution < -0.4 is 20.7 Å². The van der Waals surface area contributed by atoms with E-state index in [0.29, 0.717) is 5.92 Å². The Balaban J connectivity index is 1.73. The van der Waals surface area contributed by atoms with Gasteiger partial charge in [0.2, 0.25) is 0 Å². The van der Waals surface area contributed by atoms with Gasteiger partial charge in [-0.2, -0.15) is 0 Å². The molecule has 1 aliphatic rings. The number of nitrogens with one attached hydrogen (secondary N) is 3. The number of carbonyl (C=O) groups excluding carboxylic acids is 2. The van der Waals surface area contributed by atoms with Crippen LogP contribution in [0.15, 0.2) is 48.5 Å². The first-order chi connectivity index (χ1) is 19.1. The van der Waals surface area contributed by atoms with Crippen molar-refractivity contribution in [3.8, 4) is 5.75 Å². The van der Waals surface area contributed by atoms with E-state index in [1.165, 1.54) is 12.1 Å². The van der Waals surface area contributed by atoms with Gasteiger partial charge >= 0.3 is 18.4 Å². The van der Waals surface area contributed by atoms with E-state index in [4.69, 9.17) is 5.11 Å². The highest BCUT2D eigenvalue weighted by atomic mass is 19.4. The van der Waals surface area contributed by atoms with Gasteiger partial charge in [0, 0.05) is 11.3 Å². The first-order valence-corrected chi connectivity index (χ1v) is 13.3. The lowest BCUT2D eigenvalue weighted by molar-refractivity contribution is -0.274. The molecule has 5 N–H and O–H groups in total. The molecule has 12 heteroatoms. The Morgan fingerprint density at radius 2 is 1.54 bits per heavy atom. The number of carboxylic acids is 1. The Kier molecular flexibility index (Phi) is 10.2. The number of anilines is 1. The molecule has 0 bridgehead atoms. The summed E-state index contributed by atoms with van der Waals surface area (Å²) in [6.45, 7) is 6.20. The summed E-state index contributed by atoms with van der Waals surface area (Å²) >= 11 is 0. The topological polar surface area (TPSA) is 137 Å². The number of alkyl halides is 3. The second kappa shape index (κ2) is 13.2. The maximum absolute atomic E-state index is 13.0. The monoisotopic (exact) mass is 579 g/mol.